The first-order valence-corrected chi connectivity index (χ1v) is 9.38. The van der Waals surface area contributed by atoms with Gasteiger partial charge in [0, 0.05) is 17.5 Å². The monoisotopic (exact) mass is 325 g/mol. The van der Waals surface area contributed by atoms with Crippen LogP contribution in [0.1, 0.15) is 30.5 Å². The van der Waals surface area contributed by atoms with Crippen molar-refractivity contribution in [1.29, 1.82) is 0 Å². The second-order valence-electron chi connectivity index (χ2n) is 5.70. The lowest BCUT2D eigenvalue weighted by molar-refractivity contribution is 0.351. The molecule has 1 aromatic rings. The first kappa shape index (κ1) is 15.4. The van der Waals surface area contributed by atoms with E-state index in [0.717, 1.165) is 30.9 Å². The maximum atomic E-state index is 5.48. The molecule has 3 rings (SSSR count). The zero-order valence-electron chi connectivity index (χ0n) is 12.9. The van der Waals surface area contributed by atoms with Crippen molar-refractivity contribution in [2.24, 2.45) is 0 Å². The van der Waals surface area contributed by atoms with Gasteiger partial charge in [-0.2, -0.15) is 0 Å². The zero-order chi connectivity index (χ0) is 14.9. The number of nitrogens with one attached hydrogen (secondary N) is 1. The Hall–Kier alpha value is -0.520. The molecule has 21 heavy (non-hydrogen) atoms. The Morgan fingerprint density at radius 2 is 1.86 bits per heavy atom. The predicted octanol–water partition coefficient (Wildman–Crippen LogP) is 3.48. The largest absolute Gasteiger partial charge is 0.493 e. The SMILES string of the molecule is COc1cc2c(cc1OC)C(CC1(C)SCCS1)NCC2. The van der Waals surface area contributed by atoms with Gasteiger partial charge in [-0.15, -0.1) is 23.5 Å². The smallest absolute Gasteiger partial charge is 0.161 e. The third-order valence-electron chi connectivity index (χ3n) is 4.28. The van der Waals surface area contributed by atoms with E-state index in [2.05, 4.69) is 47.9 Å². The second-order valence-corrected chi connectivity index (χ2v) is 9.15. The molecule has 0 amide bonds. The molecule has 1 N–H and O–H groups in total. The molecular weight excluding hydrogens is 302 g/mol. The summed E-state index contributed by atoms with van der Waals surface area (Å²) in [5.74, 6) is 4.22. The van der Waals surface area contributed by atoms with Crippen LogP contribution in [0.3, 0.4) is 0 Å². The fourth-order valence-electron chi connectivity index (χ4n) is 3.20. The van der Waals surface area contributed by atoms with Crippen LogP contribution in [-0.4, -0.2) is 36.3 Å². The van der Waals surface area contributed by atoms with Crippen molar-refractivity contribution in [2.45, 2.75) is 29.9 Å². The van der Waals surface area contributed by atoms with Gasteiger partial charge in [-0.05, 0) is 49.6 Å². The van der Waals surface area contributed by atoms with Crippen molar-refractivity contribution in [2.75, 3.05) is 32.3 Å². The molecule has 1 saturated heterocycles. The van der Waals surface area contributed by atoms with E-state index >= 15 is 0 Å². The van der Waals surface area contributed by atoms with E-state index in [1.54, 1.807) is 14.2 Å². The molecule has 116 valence electrons. The summed E-state index contributed by atoms with van der Waals surface area (Å²) in [6.45, 7) is 3.42. The molecule has 2 aliphatic heterocycles. The normalized spacial score (nSPS) is 23.7. The molecule has 1 fully saturated rings. The fourth-order valence-corrected chi connectivity index (χ4v) is 6.13. The van der Waals surface area contributed by atoms with E-state index < -0.39 is 0 Å². The number of hydrogen-bond acceptors (Lipinski definition) is 5. The summed E-state index contributed by atoms with van der Waals surface area (Å²) in [4.78, 5) is 0. The summed E-state index contributed by atoms with van der Waals surface area (Å²) in [6.07, 6.45) is 2.22. The molecule has 0 spiro atoms. The summed E-state index contributed by atoms with van der Waals surface area (Å²) in [6, 6.07) is 4.73. The molecule has 1 atom stereocenters. The lowest BCUT2D eigenvalue weighted by Crippen LogP contribution is -2.33. The van der Waals surface area contributed by atoms with E-state index in [0.29, 0.717) is 10.1 Å². The van der Waals surface area contributed by atoms with Gasteiger partial charge in [0.25, 0.3) is 0 Å². The third kappa shape index (κ3) is 3.15. The number of thioether (sulfide) groups is 2. The number of ether oxygens (including phenoxy) is 2. The molecular formula is C16H23NO2S2. The number of benzene rings is 1. The van der Waals surface area contributed by atoms with Gasteiger partial charge < -0.3 is 14.8 Å². The van der Waals surface area contributed by atoms with Crippen molar-refractivity contribution < 1.29 is 9.47 Å². The van der Waals surface area contributed by atoms with Crippen molar-refractivity contribution >= 4 is 23.5 Å². The van der Waals surface area contributed by atoms with E-state index in [9.17, 15) is 0 Å². The minimum absolute atomic E-state index is 0.333. The molecule has 1 aromatic carbocycles. The molecule has 0 saturated carbocycles. The Kier molecular flexibility index (Phi) is 4.62. The van der Waals surface area contributed by atoms with Crippen LogP contribution in [0.25, 0.3) is 0 Å². The fraction of sp³-hybridized carbons (Fsp3) is 0.625. The Balaban J connectivity index is 1.89. The minimum atomic E-state index is 0.333. The number of methoxy groups -OCH3 is 2. The number of rotatable bonds is 4. The lowest BCUT2D eigenvalue weighted by atomic mass is 9.91. The van der Waals surface area contributed by atoms with Gasteiger partial charge in [-0.3, -0.25) is 0 Å². The molecule has 0 radical (unpaired) electrons. The minimum Gasteiger partial charge on any atom is -0.493 e. The summed E-state index contributed by atoms with van der Waals surface area (Å²) < 4.78 is 11.3. The molecule has 5 heteroatoms. The third-order valence-corrected chi connectivity index (χ3v) is 7.62. The Morgan fingerprint density at radius 1 is 1.19 bits per heavy atom. The Morgan fingerprint density at radius 3 is 2.52 bits per heavy atom. The highest BCUT2D eigenvalue weighted by Crippen LogP contribution is 2.49. The van der Waals surface area contributed by atoms with Crippen LogP contribution in [0.4, 0.5) is 0 Å². The summed E-state index contributed by atoms with van der Waals surface area (Å²) in [7, 11) is 3.41. The van der Waals surface area contributed by atoms with Crippen LogP contribution in [0.2, 0.25) is 0 Å². The summed E-state index contributed by atoms with van der Waals surface area (Å²) in [5.41, 5.74) is 2.78. The van der Waals surface area contributed by atoms with Crippen LogP contribution in [0, 0.1) is 0 Å². The Labute approximate surface area is 135 Å². The van der Waals surface area contributed by atoms with Crippen molar-refractivity contribution in [3.63, 3.8) is 0 Å². The van der Waals surface area contributed by atoms with Gasteiger partial charge in [0.15, 0.2) is 11.5 Å². The highest BCUT2D eigenvalue weighted by molar-refractivity contribution is 8.21. The van der Waals surface area contributed by atoms with Crippen molar-refractivity contribution in [1.82, 2.24) is 5.32 Å². The van der Waals surface area contributed by atoms with Crippen LogP contribution >= 0.6 is 23.5 Å². The molecule has 0 aromatic heterocycles. The van der Waals surface area contributed by atoms with Crippen LogP contribution in [0.15, 0.2) is 12.1 Å². The topological polar surface area (TPSA) is 30.5 Å². The first-order chi connectivity index (χ1) is 10.1. The van der Waals surface area contributed by atoms with Gasteiger partial charge in [0.05, 0.1) is 18.3 Å². The number of fused-ring (bicyclic) bond motifs is 1. The van der Waals surface area contributed by atoms with E-state index in [4.69, 9.17) is 9.47 Å². The van der Waals surface area contributed by atoms with Crippen molar-refractivity contribution in [3.8, 4) is 11.5 Å². The average molecular weight is 325 g/mol. The summed E-state index contributed by atoms with van der Waals surface area (Å²) >= 11 is 4.20. The number of hydrogen-bond donors (Lipinski definition) is 1. The van der Waals surface area contributed by atoms with Gasteiger partial charge in [0.1, 0.15) is 0 Å². The van der Waals surface area contributed by atoms with Gasteiger partial charge in [-0.25, -0.2) is 0 Å². The quantitative estimate of drug-likeness (QED) is 0.916. The van der Waals surface area contributed by atoms with Crippen LogP contribution in [-0.2, 0) is 6.42 Å². The standard InChI is InChI=1S/C16H23NO2S2/c1-16(20-6-7-21-16)10-13-12-9-15(19-3)14(18-2)8-11(12)4-5-17-13/h8-9,13,17H,4-7,10H2,1-3H3. The zero-order valence-corrected chi connectivity index (χ0v) is 14.5. The molecule has 0 aliphatic carbocycles. The second kappa shape index (κ2) is 6.31. The van der Waals surface area contributed by atoms with Gasteiger partial charge in [-0.1, -0.05) is 0 Å². The maximum Gasteiger partial charge on any atom is 0.161 e. The predicted molar refractivity (Wildman–Crippen MR) is 91.9 cm³/mol. The van der Waals surface area contributed by atoms with E-state index in [1.807, 2.05) is 0 Å². The maximum absolute atomic E-state index is 5.48. The average Bonchev–Trinajstić information content (AvgIpc) is 2.92. The summed E-state index contributed by atoms with van der Waals surface area (Å²) in [5, 5.41) is 3.69. The van der Waals surface area contributed by atoms with E-state index in [-0.39, 0.29) is 0 Å². The molecule has 3 nitrogen and oxygen atoms in total. The highest BCUT2D eigenvalue weighted by atomic mass is 32.2. The molecule has 1 unspecified atom stereocenters. The van der Waals surface area contributed by atoms with Gasteiger partial charge >= 0.3 is 0 Å². The molecule has 2 heterocycles. The van der Waals surface area contributed by atoms with Crippen LogP contribution in [0.5, 0.6) is 11.5 Å². The Bertz CT molecular complexity index is 515. The molecule has 2 aliphatic rings. The first-order valence-electron chi connectivity index (χ1n) is 7.41. The van der Waals surface area contributed by atoms with Gasteiger partial charge in [0.2, 0.25) is 0 Å². The van der Waals surface area contributed by atoms with Crippen LogP contribution < -0.4 is 14.8 Å². The lowest BCUT2D eigenvalue weighted by Gasteiger charge is -2.33. The molecule has 0 bridgehead atoms. The highest BCUT2D eigenvalue weighted by Gasteiger charge is 2.35. The van der Waals surface area contributed by atoms with Crippen molar-refractivity contribution in [3.05, 3.63) is 23.3 Å². The van der Waals surface area contributed by atoms with E-state index in [1.165, 1.54) is 22.6 Å².